The third-order valence-electron chi connectivity index (χ3n) is 4.93. The summed E-state index contributed by atoms with van der Waals surface area (Å²) in [4.78, 5) is 14.6. The van der Waals surface area contributed by atoms with Crippen LogP contribution in [-0.2, 0) is 26.6 Å². The molecule has 31 heavy (non-hydrogen) atoms. The van der Waals surface area contributed by atoms with Crippen molar-refractivity contribution >= 4 is 31.6 Å². The first-order valence-electron chi connectivity index (χ1n) is 9.68. The van der Waals surface area contributed by atoms with Crippen LogP contribution in [0, 0.1) is 0 Å². The van der Waals surface area contributed by atoms with Gasteiger partial charge in [0.2, 0.25) is 20.0 Å². The summed E-state index contributed by atoms with van der Waals surface area (Å²) in [5, 5.41) is 2.77. The highest BCUT2D eigenvalue weighted by Crippen LogP contribution is 2.18. The fourth-order valence-corrected chi connectivity index (χ4v) is 5.13. The highest BCUT2D eigenvalue weighted by atomic mass is 32.2. The van der Waals surface area contributed by atoms with Crippen LogP contribution in [-0.4, -0.2) is 71.4 Å². The fourth-order valence-electron chi connectivity index (χ4n) is 3.14. The number of likely N-dealkylation sites (N-methyl/N-ethyl adjacent to an activating group) is 1. The van der Waals surface area contributed by atoms with Crippen LogP contribution < -0.4 is 10.0 Å². The van der Waals surface area contributed by atoms with E-state index < -0.39 is 20.0 Å². The number of piperazine rings is 1. The van der Waals surface area contributed by atoms with Crippen molar-refractivity contribution in [2.45, 2.75) is 11.4 Å². The van der Waals surface area contributed by atoms with Crippen molar-refractivity contribution in [1.29, 1.82) is 0 Å². The Bertz CT molecular complexity index is 1120. The lowest BCUT2D eigenvalue weighted by Crippen LogP contribution is -2.47. The van der Waals surface area contributed by atoms with Crippen LogP contribution in [0.1, 0.15) is 15.9 Å². The van der Waals surface area contributed by atoms with Crippen molar-refractivity contribution in [3.63, 3.8) is 0 Å². The number of nitrogens with zero attached hydrogens (tertiary/aromatic N) is 2. The Balaban J connectivity index is 1.58. The maximum Gasteiger partial charge on any atom is 0.251 e. The summed E-state index contributed by atoms with van der Waals surface area (Å²) in [6, 6.07) is 12.5. The molecule has 0 atom stereocenters. The van der Waals surface area contributed by atoms with Crippen LogP contribution in [0.3, 0.4) is 0 Å². The molecule has 0 aromatic heterocycles. The lowest BCUT2D eigenvalue weighted by molar-refractivity contribution is 0.0951. The molecule has 1 aliphatic heterocycles. The minimum atomic E-state index is -3.52. The van der Waals surface area contributed by atoms with E-state index in [0.29, 0.717) is 37.4 Å². The third-order valence-corrected chi connectivity index (χ3v) is 7.45. The first kappa shape index (κ1) is 23.2. The molecule has 0 radical (unpaired) electrons. The topological polar surface area (TPSA) is 116 Å². The predicted molar refractivity (Wildman–Crippen MR) is 119 cm³/mol. The molecular weight excluding hydrogens is 440 g/mol. The highest BCUT2D eigenvalue weighted by Gasteiger charge is 2.27. The lowest BCUT2D eigenvalue weighted by atomic mass is 10.2. The molecule has 1 aliphatic rings. The van der Waals surface area contributed by atoms with Gasteiger partial charge in [-0.3, -0.25) is 9.52 Å². The number of rotatable bonds is 7. The number of hydrogen-bond donors (Lipinski definition) is 2. The molecule has 0 aliphatic carbocycles. The number of carbonyl (C=O) groups is 1. The molecule has 2 N–H and O–H groups in total. The van der Waals surface area contributed by atoms with Gasteiger partial charge in [-0.1, -0.05) is 12.1 Å². The average Bonchev–Trinajstić information content (AvgIpc) is 2.72. The number of hydrogen-bond acceptors (Lipinski definition) is 6. The molecule has 2 aromatic rings. The molecule has 3 rings (SSSR count). The molecule has 0 saturated carbocycles. The van der Waals surface area contributed by atoms with Crippen LogP contribution in [0.5, 0.6) is 0 Å². The van der Waals surface area contributed by atoms with Crippen molar-refractivity contribution in [2.24, 2.45) is 0 Å². The number of sulfonamides is 2. The fraction of sp³-hybridized carbons (Fsp3) is 0.350. The Labute approximate surface area is 183 Å². The van der Waals surface area contributed by atoms with E-state index in [0.717, 1.165) is 11.8 Å². The van der Waals surface area contributed by atoms with Gasteiger partial charge in [-0.15, -0.1) is 0 Å². The van der Waals surface area contributed by atoms with Gasteiger partial charge in [-0.05, 0) is 49.0 Å². The number of anilines is 1. The van der Waals surface area contributed by atoms with Gasteiger partial charge in [-0.2, -0.15) is 4.31 Å². The van der Waals surface area contributed by atoms with Gasteiger partial charge in [-0.25, -0.2) is 16.8 Å². The van der Waals surface area contributed by atoms with Crippen molar-refractivity contribution in [1.82, 2.24) is 14.5 Å². The largest absolute Gasteiger partial charge is 0.348 e. The quantitative estimate of drug-likeness (QED) is 0.627. The van der Waals surface area contributed by atoms with E-state index in [4.69, 9.17) is 0 Å². The molecule has 0 spiro atoms. The molecule has 9 nitrogen and oxygen atoms in total. The van der Waals surface area contributed by atoms with Crippen molar-refractivity contribution in [2.75, 3.05) is 44.2 Å². The highest BCUT2D eigenvalue weighted by molar-refractivity contribution is 7.92. The van der Waals surface area contributed by atoms with Gasteiger partial charge in [0.25, 0.3) is 5.91 Å². The zero-order valence-corrected chi connectivity index (χ0v) is 19.0. The molecule has 1 saturated heterocycles. The molecule has 1 heterocycles. The first-order chi connectivity index (χ1) is 14.5. The van der Waals surface area contributed by atoms with E-state index in [9.17, 15) is 21.6 Å². The van der Waals surface area contributed by atoms with Crippen molar-refractivity contribution < 1.29 is 21.6 Å². The molecule has 1 amide bonds. The molecule has 11 heteroatoms. The van der Waals surface area contributed by atoms with E-state index in [1.165, 1.54) is 28.6 Å². The maximum atomic E-state index is 12.8. The standard InChI is InChI=1S/C20H26N4O5S2/c1-23-11-13-24(14-12-23)31(28,29)19-9-3-16(4-10-19)15-21-20(25)17-5-7-18(8-6-17)22-30(2,26)27/h3-10,22H,11-15H2,1-2H3,(H,21,25). The van der Waals surface area contributed by atoms with E-state index in [2.05, 4.69) is 14.9 Å². The van der Waals surface area contributed by atoms with Gasteiger partial charge in [0.15, 0.2) is 0 Å². The predicted octanol–water partition coefficient (Wildman–Crippen LogP) is 0.924. The Morgan fingerprint density at radius 3 is 2.03 bits per heavy atom. The van der Waals surface area contributed by atoms with E-state index in [-0.39, 0.29) is 17.3 Å². The van der Waals surface area contributed by atoms with Gasteiger partial charge in [0.05, 0.1) is 11.2 Å². The van der Waals surface area contributed by atoms with Gasteiger partial charge >= 0.3 is 0 Å². The van der Waals surface area contributed by atoms with Crippen LogP contribution in [0.25, 0.3) is 0 Å². The second kappa shape index (κ2) is 9.35. The molecule has 168 valence electrons. The van der Waals surface area contributed by atoms with Gasteiger partial charge in [0, 0.05) is 44.0 Å². The zero-order chi connectivity index (χ0) is 22.6. The lowest BCUT2D eigenvalue weighted by Gasteiger charge is -2.31. The Kier molecular flexibility index (Phi) is 6.99. The molecule has 2 aromatic carbocycles. The third kappa shape index (κ3) is 6.26. The van der Waals surface area contributed by atoms with Crippen LogP contribution in [0.4, 0.5) is 5.69 Å². The smallest absolute Gasteiger partial charge is 0.251 e. The second-order valence-corrected chi connectivity index (χ2v) is 11.2. The summed E-state index contributed by atoms with van der Waals surface area (Å²) in [5.74, 6) is -0.319. The maximum absolute atomic E-state index is 12.8. The summed E-state index contributed by atoms with van der Waals surface area (Å²) in [7, 11) is -4.94. The second-order valence-electron chi connectivity index (χ2n) is 7.49. The van der Waals surface area contributed by atoms with E-state index in [1.54, 1.807) is 24.3 Å². The van der Waals surface area contributed by atoms with Crippen molar-refractivity contribution in [3.8, 4) is 0 Å². The van der Waals surface area contributed by atoms with Crippen molar-refractivity contribution in [3.05, 3.63) is 59.7 Å². The van der Waals surface area contributed by atoms with E-state index in [1.807, 2.05) is 7.05 Å². The zero-order valence-electron chi connectivity index (χ0n) is 17.4. The minimum Gasteiger partial charge on any atom is -0.348 e. The van der Waals surface area contributed by atoms with Gasteiger partial charge < -0.3 is 10.2 Å². The first-order valence-corrected chi connectivity index (χ1v) is 13.0. The number of amides is 1. The summed E-state index contributed by atoms with van der Waals surface area (Å²) in [6.45, 7) is 2.57. The monoisotopic (exact) mass is 466 g/mol. The molecule has 0 bridgehead atoms. The Hall–Kier alpha value is -2.47. The molecule has 1 fully saturated rings. The molecular formula is C20H26N4O5S2. The Morgan fingerprint density at radius 2 is 1.48 bits per heavy atom. The normalized spacial score (nSPS) is 16.1. The summed E-state index contributed by atoms with van der Waals surface area (Å²) in [5.41, 5.74) is 1.52. The number of benzene rings is 2. The number of nitrogens with one attached hydrogen (secondary N) is 2. The average molecular weight is 467 g/mol. The Morgan fingerprint density at radius 1 is 0.903 bits per heavy atom. The van der Waals surface area contributed by atoms with Crippen LogP contribution in [0.2, 0.25) is 0 Å². The number of carbonyl (C=O) groups excluding carboxylic acids is 1. The van der Waals surface area contributed by atoms with E-state index >= 15 is 0 Å². The van der Waals surface area contributed by atoms with Crippen LogP contribution >= 0.6 is 0 Å². The van der Waals surface area contributed by atoms with Crippen LogP contribution in [0.15, 0.2) is 53.4 Å². The summed E-state index contributed by atoms with van der Waals surface area (Å²) >= 11 is 0. The minimum absolute atomic E-state index is 0.233. The van der Waals surface area contributed by atoms with Gasteiger partial charge in [0.1, 0.15) is 0 Å². The summed E-state index contributed by atoms with van der Waals surface area (Å²) < 4.78 is 51.8. The SMILES string of the molecule is CN1CCN(S(=O)(=O)c2ccc(CNC(=O)c3ccc(NS(C)(=O)=O)cc3)cc2)CC1. The molecule has 0 unspecified atom stereocenters. The summed E-state index contributed by atoms with van der Waals surface area (Å²) in [6.07, 6.45) is 1.05.